The first-order valence-corrected chi connectivity index (χ1v) is 10.0. The maximum absolute atomic E-state index is 12.8. The highest BCUT2D eigenvalue weighted by Gasteiger charge is 2.47. The highest BCUT2D eigenvalue weighted by Crippen LogP contribution is 2.44. The molecule has 2 aliphatic heterocycles. The van der Waals surface area contributed by atoms with Gasteiger partial charge in [-0.15, -0.1) is 0 Å². The number of pyridine rings is 2. The Hall–Kier alpha value is -3.82. The topological polar surface area (TPSA) is 93.7 Å². The summed E-state index contributed by atoms with van der Waals surface area (Å²) >= 11 is 0. The maximum atomic E-state index is 12.8. The van der Waals surface area contributed by atoms with Crippen LogP contribution in [0.25, 0.3) is 11.0 Å². The van der Waals surface area contributed by atoms with E-state index < -0.39 is 12.2 Å². The fourth-order valence-electron chi connectivity index (χ4n) is 4.20. The van der Waals surface area contributed by atoms with Gasteiger partial charge in [-0.1, -0.05) is 18.2 Å². The standard InChI is InChI=1S/C22H18F2N4O4/c23-20(24)31-13-11-17-16(25-12-13)5-6-18(26-17)27-21(30)28-9-7-22(8-10-28)15-4-2-1-3-14(15)19(29)32-22/h1-6,11-12,20H,7-10H2,(H,26,27,30). The van der Waals surface area contributed by atoms with E-state index in [4.69, 9.17) is 4.74 Å². The van der Waals surface area contributed by atoms with Gasteiger partial charge in [0.1, 0.15) is 17.2 Å². The number of likely N-dealkylation sites (tertiary alicyclic amines) is 1. The summed E-state index contributed by atoms with van der Waals surface area (Å²) in [7, 11) is 0. The van der Waals surface area contributed by atoms with E-state index in [0.717, 1.165) is 5.56 Å². The van der Waals surface area contributed by atoms with Gasteiger partial charge in [0.15, 0.2) is 0 Å². The number of rotatable bonds is 3. The van der Waals surface area contributed by atoms with Crippen molar-refractivity contribution in [3.8, 4) is 5.75 Å². The molecule has 0 saturated carbocycles. The minimum Gasteiger partial charge on any atom is -0.450 e. The summed E-state index contributed by atoms with van der Waals surface area (Å²) in [5.41, 5.74) is 1.54. The van der Waals surface area contributed by atoms with Gasteiger partial charge >= 0.3 is 18.6 Å². The monoisotopic (exact) mass is 440 g/mol. The molecule has 1 fully saturated rings. The third-order valence-electron chi connectivity index (χ3n) is 5.76. The lowest BCUT2D eigenvalue weighted by atomic mass is 9.84. The smallest absolute Gasteiger partial charge is 0.387 e. The third kappa shape index (κ3) is 3.57. The number of fused-ring (bicyclic) bond motifs is 3. The number of esters is 1. The number of amides is 2. The van der Waals surface area contributed by atoms with Crippen LogP contribution >= 0.6 is 0 Å². The molecule has 2 aromatic heterocycles. The van der Waals surface area contributed by atoms with Crippen LogP contribution in [0.2, 0.25) is 0 Å². The van der Waals surface area contributed by atoms with E-state index in [1.165, 1.54) is 12.3 Å². The van der Waals surface area contributed by atoms with E-state index in [-0.39, 0.29) is 23.6 Å². The largest absolute Gasteiger partial charge is 0.450 e. The molecule has 2 amide bonds. The fraction of sp³-hybridized carbons (Fsp3) is 0.273. The molecule has 1 aromatic carbocycles. The van der Waals surface area contributed by atoms with Gasteiger partial charge in [-0.3, -0.25) is 10.3 Å². The Labute approximate surface area is 181 Å². The molecule has 0 atom stereocenters. The molecule has 8 nitrogen and oxygen atoms in total. The Morgan fingerprint density at radius 2 is 1.94 bits per heavy atom. The van der Waals surface area contributed by atoms with Gasteiger partial charge in [0.25, 0.3) is 0 Å². The van der Waals surface area contributed by atoms with Gasteiger partial charge in [0.05, 0.1) is 22.8 Å². The number of piperidine rings is 1. The van der Waals surface area contributed by atoms with Crippen molar-refractivity contribution < 1.29 is 27.8 Å². The highest BCUT2D eigenvalue weighted by atomic mass is 19.3. The number of ether oxygens (including phenoxy) is 2. The number of carbonyl (C=O) groups is 2. The van der Waals surface area contributed by atoms with Crippen molar-refractivity contribution in [3.63, 3.8) is 0 Å². The Morgan fingerprint density at radius 3 is 2.72 bits per heavy atom. The van der Waals surface area contributed by atoms with Crippen LogP contribution in [0.5, 0.6) is 5.75 Å². The summed E-state index contributed by atoms with van der Waals surface area (Å²) in [6.07, 6.45) is 2.17. The number of halogens is 2. The number of nitrogens with zero attached hydrogens (tertiary/aromatic N) is 3. The molecular weight excluding hydrogens is 422 g/mol. The lowest BCUT2D eigenvalue weighted by Crippen LogP contribution is -2.46. The fourth-order valence-corrected chi connectivity index (χ4v) is 4.20. The van der Waals surface area contributed by atoms with E-state index in [2.05, 4.69) is 20.0 Å². The summed E-state index contributed by atoms with van der Waals surface area (Å²) in [5.74, 6) is -0.185. The number of hydrogen-bond donors (Lipinski definition) is 1. The van der Waals surface area contributed by atoms with Crippen LogP contribution in [0.4, 0.5) is 19.4 Å². The first kappa shape index (κ1) is 20.1. The maximum Gasteiger partial charge on any atom is 0.387 e. The molecule has 32 heavy (non-hydrogen) atoms. The van der Waals surface area contributed by atoms with E-state index in [0.29, 0.717) is 42.5 Å². The lowest BCUT2D eigenvalue weighted by Gasteiger charge is -2.38. The molecule has 10 heteroatoms. The lowest BCUT2D eigenvalue weighted by molar-refractivity contribution is -0.0500. The molecule has 1 spiro atoms. The second-order valence-electron chi connectivity index (χ2n) is 7.63. The predicted molar refractivity (Wildman–Crippen MR) is 110 cm³/mol. The highest BCUT2D eigenvalue weighted by molar-refractivity contribution is 5.95. The van der Waals surface area contributed by atoms with Gasteiger partial charge < -0.3 is 14.4 Å². The quantitative estimate of drug-likeness (QED) is 0.621. The number of carbonyl (C=O) groups excluding carboxylic acids is 2. The number of hydrogen-bond acceptors (Lipinski definition) is 6. The van der Waals surface area contributed by atoms with Crippen LogP contribution in [0, 0.1) is 0 Å². The predicted octanol–water partition coefficient (Wildman–Crippen LogP) is 3.92. The van der Waals surface area contributed by atoms with Crippen LogP contribution in [0.1, 0.15) is 28.8 Å². The second kappa shape index (κ2) is 7.70. The van der Waals surface area contributed by atoms with Crippen molar-refractivity contribution in [2.45, 2.75) is 25.1 Å². The Balaban J connectivity index is 1.27. The SMILES string of the molecule is O=C1OC2(CCN(C(=O)Nc3ccc4ncc(OC(F)F)cc4n3)CC2)c2ccccc21. The van der Waals surface area contributed by atoms with Gasteiger partial charge in [-0.2, -0.15) is 8.78 Å². The van der Waals surface area contributed by atoms with E-state index in [1.54, 1.807) is 29.2 Å². The van der Waals surface area contributed by atoms with Crippen molar-refractivity contribution >= 4 is 28.9 Å². The Morgan fingerprint density at radius 1 is 1.16 bits per heavy atom. The van der Waals surface area contributed by atoms with Crippen molar-refractivity contribution in [1.82, 2.24) is 14.9 Å². The number of nitrogens with one attached hydrogen (secondary N) is 1. The van der Waals surface area contributed by atoms with E-state index >= 15 is 0 Å². The molecule has 4 heterocycles. The van der Waals surface area contributed by atoms with Crippen LogP contribution in [-0.2, 0) is 10.3 Å². The minimum absolute atomic E-state index is 0.115. The average molecular weight is 440 g/mol. The molecular formula is C22H18F2N4O4. The summed E-state index contributed by atoms with van der Waals surface area (Å²) < 4.78 is 34.9. The van der Waals surface area contributed by atoms with Crippen LogP contribution in [0.3, 0.4) is 0 Å². The first-order chi connectivity index (χ1) is 15.4. The van der Waals surface area contributed by atoms with Crippen molar-refractivity contribution in [1.29, 1.82) is 0 Å². The van der Waals surface area contributed by atoms with Crippen LogP contribution < -0.4 is 10.1 Å². The van der Waals surface area contributed by atoms with E-state index in [1.807, 2.05) is 12.1 Å². The van der Waals surface area contributed by atoms with Gasteiger partial charge in [-0.05, 0) is 18.2 Å². The first-order valence-electron chi connectivity index (χ1n) is 10.0. The van der Waals surface area contributed by atoms with Crippen molar-refractivity contribution in [2.75, 3.05) is 18.4 Å². The molecule has 0 aliphatic carbocycles. The van der Waals surface area contributed by atoms with Gasteiger partial charge in [-0.25, -0.2) is 14.6 Å². The third-order valence-corrected chi connectivity index (χ3v) is 5.76. The van der Waals surface area contributed by atoms with Gasteiger partial charge in [0, 0.05) is 37.6 Å². The van der Waals surface area contributed by atoms with Gasteiger partial charge in [0.2, 0.25) is 0 Å². The molecule has 0 unspecified atom stereocenters. The van der Waals surface area contributed by atoms with E-state index in [9.17, 15) is 18.4 Å². The zero-order valence-electron chi connectivity index (χ0n) is 16.8. The van der Waals surface area contributed by atoms with Crippen LogP contribution in [-0.4, -0.2) is 46.6 Å². The number of urea groups is 1. The second-order valence-corrected chi connectivity index (χ2v) is 7.63. The number of benzene rings is 1. The molecule has 1 N–H and O–H groups in total. The normalized spacial score (nSPS) is 16.8. The van der Waals surface area contributed by atoms with Crippen molar-refractivity contribution in [2.24, 2.45) is 0 Å². The zero-order valence-corrected chi connectivity index (χ0v) is 16.8. The summed E-state index contributed by atoms with van der Waals surface area (Å²) in [5, 5.41) is 2.72. The molecule has 5 rings (SSSR count). The molecule has 2 aliphatic rings. The molecule has 0 bridgehead atoms. The Bertz CT molecular complexity index is 1210. The molecule has 1 saturated heterocycles. The molecule has 3 aromatic rings. The van der Waals surface area contributed by atoms with Crippen molar-refractivity contribution in [3.05, 3.63) is 59.8 Å². The summed E-state index contributed by atoms with van der Waals surface area (Å²) in [6.45, 7) is -2.17. The summed E-state index contributed by atoms with van der Waals surface area (Å²) in [4.78, 5) is 34.9. The molecule has 0 radical (unpaired) electrons. The average Bonchev–Trinajstić information content (AvgIpc) is 3.05. The molecule has 164 valence electrons. The summed E-state index contributed by atoms with van der Waals surface area (Å²) in [6, 6.07) is 11.5. The minimum atomic E-state index is -2.97. The van der Waals surface area contributed by atoms with Crippen LogP contribution in [0.15, 0.2) is 48.7 Å². The number of anilines is 1. The number of alkyl halides is 2. The zero-order chi connectivity index (χ0) is 22.3. The number of aromatic nitrogens is 2. The Kier molecular flexibility index (Phi) is 4.84.